The second kappa shape index (κ2) is 9.47. The van der Waals surface area contributed by atoms with Gasteiger partial charge in [0.2, 0.25) is 0 Å². The quantitative estimate of drug-likeness (QED) is 0.208. The van der Waals surface area contributed by atoms with Crippen LogP contribution in [0.5, 0.6) is 5.75 Å². The van der Waals surface area contributed by atoms with E-state index in [2.05, 4.69) is 0 Å². The highest BCUT2D eigenvalue weighted by atomic mass is 16.5. The molecule has 35 heavy (non-hydrogen) atoms. The van der Waals surface area contributed by atoms with E-state index < -0.39 is 17.7 Å². The lowest BCUT2D eigenvalue weighted by Gasteiger charge is -2.26. The minimum absolute atomic E-state index is 0.0671. The predicted molar refractivity (Wildman–Crippen MR) is 137 cm³/mol. The van der Waals surface area contributed by atoms with Crippen LogP contribution in [0.25, 0.3) is 16.5 Å². The molecule has 0 spiro atoms. The zero-order chi connectivity index (χ0) is 24.4. The topological polar surface area (TPSA) is 66.8 Å². The normalized spacial score (nSPS) is 17.2. The summed E-state index contributed by atoms with van der Waals surface area (Å²) in [5.74, 6) is -0.973. The lowest BCUT2D eigenvalue weighted by molar-refractivity contribution is -0.132. The third kappa shape index (κ3) is 4.06. The first-order valence-corrected chi connectivity index (χ1v) is 11.7. The summed E-state index contributed by atoms with van der Waals surface area (Å²) in [4.78, 5) is 28.3. The van der Waals surface area contributed by atoms with Crippen LogP contribution in [0.15, 0.2) is 103 Å². The van der Waals surface area contributed by atoms with Gasteiger partial charge in [0, 0.05) is 17.3 Å². The van der Waals surface area contributed by atoms with E-state index in [9.17, 15) is 14.7 Å². The second-order valence-electron chi connectivity index (χ2n) is 8.45. The van der Waals surface area contributed by atoms with Gasteiger partial charge < -0.3 is 9.84 Å². The smallest absolute Gasteiger partial charge is 0.300 e. The SMILES string of the molecule is CCCOc1cccc(N2C(=O)C(=O)/C(=C(\O)c3cccc4ccccc34)C2c2ccccc2)c1. The fraction of sp³-hybridized carbons (Fsp3) is 0.133. The van der Waals surface area contributed by atoms with E-state index in [0.717, 1.165) is 22.8 Å². The number of hydrogen-bond acceptors (Lipinski definition) is 4. The highest BCUT2D eigenvalue weighted by Crippen LogP contribution is 2.43. The van der Waals surface area contributed by atoms with Crippen LogP contribution in [0.2, 0.25) is 0 Å². The molecule has 4 aromatic rings. The van der Waals surface area contributed by atoms with Gasteiger partial charge in [-0.25, -0.2) is 0 Å². The summed E-state index contributed by atoms with van der Waals surface area (Å²) in [6.07, 6.45) is 0.851. The number of nitrogens with zero attached hydrogens (tertiary/aromatic N) is 1. The van der Waals surface area contributed by atoms with Crippen molar-refractivity contribution < 1.29 is 19.4 Å². The number of amides is 1. The highest BCUT2D eigenvalue weighted by Gasteiger charge is 2.47. The number of Topliss-reactive ketones (excluding diaryl/α,β-unsaturated/α-hetero) is 1. The monoisotopic (exact) mass is 463 g/mol. The van der Waals surface area contributed by atoms with Crippen LogP contribution in [0.4, 0.5) is 5.69 Å². The fourth-order valence-electron chi connectivity index (χ4n) is 4.57. The number of rotatable bonds is 6. The first-order chi connectivity index (χ1) is 17.1. The van der Waals surface area contributed by atoms with Crippen molar-refractivity contribution in [2.24, 2.45) is 0 Å². The van der Waals surface area contributed by atoms with Gasteiger partial charge in [-0.1, -0.05) is 85.8 Å². The molecule has 0 saturated carbocycles. The Morgan fingerprint density at radius 2 is 1.60 bits per heavy atom. The van der Waals surface area contributed by atoms with E-state index in [1.54, 1.807) is 24.3 Å². The van der Waals surface area contributed by atoms with Gasteiger partial charge in [0.25, 0.3) is 11.7 Å². The Labute approximate surface area is 203 Å². The molecule has 1 N–H and O–H groups in total. The van der Waals surface area contributed by atoms with E-state index in [1.165, 1.54) is 4.90 Å². The van der Waals surface area contributed by atoms with Crippen LogP contribution in [-0.4, -0.2) is 23.4 Å². The largest absolute Gasteiger partial charge is 0.507 e. The first-order valence-electron chi connectivity index (χ1n) is 11.7. The number of aliphatic hydroxyl groups excluding tert-OH is 1. The molecule has 5 heteroatoms. The van der Waals surface area contributed by atoms with E-state index in [1.807, 2.05) is 79.7 Å². The maximum absolute atomic E-state index is 13.4. The van der Waals surface area contributed by atoms with Crippen LogP contribution in [0, 0.1) is 0 Å². The predicted octanol–water partition coefficient (Wildman–Crippen LogP) is 6.25. The summed E-state index contributed by atoms with van der Waals surface area (Å²) >= 11 is 0. The lowest BCUT2D eigenvalue weighted by Crippen LogP contribution is -2.29. The van der Waals surface area contributed by atoms with Crippen molar-refractivity contribution in [2.75, 3.05) is 11.5 Å². The summed E-state index contributed by atoms with van der Waals surface area (Å²) < 4.78 is 5.77. The Kier molecular flexibility index (Phi) is 6.06. The maximum Gasteiger partial charge on any atom is 0.300 e. The molecule has 1 fully saturated rings. The van der Waals surface area contributed by atoms with Crippen molar-refractivity contribution in [2.45, 2.75) is 19.4 Å². The van der Waals surface area contributed by atoms with Crippen LogP contribution < -0.4 is 9.64 Å². The average Bonchev–Trinajstić information content (AvgIpc) is 3.17. The van der Waals surface area contributed by atoms with Gasteiger partial charge in [0.05, 0.1) is 18.2 Å². The standard InChI is InChI=1S/C30H25NO4/c1-2-18-35-23-15-9-14-22(19-23)31-27(21-11-4-3-5-12-21)26(29(33)30(31)34)28(32)25-17-8-13-20-10-6-7-16-24(20)25/h3-17,19,27,32H,2,18H2,1H3/b28-26-. The summed E-state index contributed by atoms with van der Waals surface area (Å²) in [5, 5.41) is 13.3. The van der Waals surface area contributed by atoms with Gasteiger partial charge in [-0.05, 0) is 34.9 Å². The number of carbonyl (C=O) groups excluding carboxylic acids is 2. The Hall–Kier alpha value is -4.38. The molecule has 0 aliphatic carbocycles. The summed E-state index contributed by atoms with van der Waals surface area (Å²) in [5.41, 5.74) is 1.85. The maximum atomic E-state index is 13.4. The molecule has 0 aromatic heterocycles. The molecule has 1 heterocycles. The van der Waals surface area contributed by atoms with E-state index >= 15 is 0 Å². The third-order valence-corrected chi connectivity index (χ3v) is 6.17. The Balaban J connectivity index is 1.71. The molecule has 4 aromatic carbocycles. The molecule has 0 radical (unpaired) electrons. The molecule has 0 bridgehead atoms. The van der Waals surface area contributed by atoms with E-state index in [0.29, 0.717) is 23.6 Å². The number of benzene rings is 4. The van der Waals surface area contributed by atoms with E-state index in [4.69, 9.17) is 4.74 Å². The van der Waals surface area contributed by atoms with Gasteiger partial charge in [-0.2, -0.15) is 0 Å². The fourth-order valence-corrected chi connectivity index (χ4v) is 4.57. The molecule has 1 saturated heterocycles. The highest BCUT2D eigenvalue weighted by molar-refractivity contribution is 6.51. The molecule has 1 aliphatic rings. The minimum Gasteiger partial charge on any atom is -0.507 e. The third-order valence-electron chi connectivity index (χ3n) is 6.17. The molecule has 5 rings (SSSR count). The molecular formula is C30H25NO4. The van der Waals surface area contributed by atoms with Crippen LogP contribution in [-0.2, 0) is 9.59 Å². The van der Waals surface area contributed by atoms with Gasteiger partial charge >= 0.3 is 0 Å². The van der Waals surface area contributed by atoms with Crippen molar-refractivity contribution in [3.63, 3.8) is 0 Å². The lowest BCUT2D eigenvalue weighted by atomic mass is 9.93. The van der Waals surface area contributed by atoms with Crippen LogP contribution in [0.1, 0.15) is 30.5 Å². The molecule has 1 atom stereocenters. The molecule has 174 valence electrons. The van der Waals surface area contributed by atoms with Crippen molar-refractivity contribution in [1.29, 1.82) is 0 Å². The van der Waals surface area contributed by atoms with E-state index in [-0.39, 0.29) is 11.3 Å². The van der Waals surface area contributed by atoms with Gasteiger partial charge in [0.1, 0.15) is 11.5 Å². The summed E-state index contributed by atoms with van der Waals surface area (Å²) in [6.45, 7) is 2.57. The molecule has 1 aliphatic heterocycles. The minimum atomic E-state index is -0.781. The van der Waals surface area contributed by atoms with Gasteiger partial charge in [0.15, 0.2) is 0 Å². The van der Waals surface area contributed by atoms with Gasteiger partial charge in [-0.3, -0.25) is 14.5 Å². The summed E-state index contributed by atoms with van der Waals surface area (Å²) in [7, 11) is 0. The average molecular weight is 464 g/mol. The number of carbonyl (C=O) groups is 2. The second-order valence-corrected chi connectivity index (χ2v) is 8.45. The first kappa shape index (κ1) is 22.4. The molecular weight excluding hydrogens is 438 g/mol. The Bertz CT molecular complexity index is 1440. The van der Waals surface area contributed by atoms with Crippen molar-refractivity contribution in [3.8, 4) is 5.75 Å². The Morgan fingerprint density at radius 1 is 0.886 bits per heavy atom. The van der Waals surface area contributed by atoms with Gasteiger partial charge in [-0.15, -0.1) is 0 Å². The molecule has 5 nitrogen and oxygen atoms in total. The number of ether oxygens (including phenoxy) is 1. The number of hydrogen-bond donors (Lipinski definition) is 1. The van der Waals surface area contributed by atoms with Crippen LogP contribution in [0.3, 0.4) is 0 Å². The summed E-state index contributed by atoms with van der Waals surface area (Å²) in [6, 6.07) is 28.9. The zero-order valence-electron chi connectivity index (χ0n) is 19.3. The molecule has 1 unspecified atom stereocenters. The molecule has 1 amide bonds. The number of ketones is 1. The van der Waals surface area contributed by atoms with Crippen molar-refractivity contribution in [3.05, 3.63) is 114 Å². The number of aliphatic hydroxyl groups is 1. The number of anilines is 1. The number of fused-ring (bicyclic) bond motifs is 1. The van der Waals surface area contributed by atoms with Crippen molar-refractivity contribution >= 4 is 33.9 Å². The Morgan fingerprint density at radius 3 is 2.40 bits per heavy atom. The van der Waals surface area contributed by atoms with Crippen molar-refractivity contribution in [1.82, 2.24) is 0 Å². The zero-order valence-corrected chi connectivity index (χ0v) is 19.3. The van der Waals surface area contributed by atoms with Crippen LogP contribution >= 0.6 is 0 Å².